The van der Waals surface area contributed by atoms with Crippen molar-refractivity contribution >= 4 is 0 Å². The molecule has 0 bridgehead atoms. The van der Waals surface area contributed by atoms with E-state index in [-0.39, 0.29) is 0 Å². The Morgan fingerprint density at radius 1 is 1.45 bits per heavy atom. The molecule has 0 saturated heterocycles. The van der Waals surface area contributed by atoms with Gasteiger partial charge in [0.1, 0.15) is 0 Å². The number of allylic oxidation sites excluding steroid dienone is 5. The first kappa shape index (κ1) is 10.0. The van der Waals surface area contributed by atoms with E-state index < -0.39 is 0 Å². The molecule has 0 amide bonds. The molecule has 0 heterocycles. The van der Waals surface area contributed by atoms with Gasteiger partial charge in [0.2, 0.25) is 0 Å². The summed E-state index contributed by atoms with van der Waals surface area (Å²) in [6, 6.07) is 0. The Hall–Kier alpha value is -0.980. The first-order valence-electron chi connectivity index (χ1n) is 4.02. The molecular formula is C10H17N. The van der Waals surface area contributed by atoms with Gasteiger partial charge in [0.15, 0.2) is 0 Å². The van der Waals surface area contributed by atoms with Gasteiger partial charge < -0.3 is 5.32 Å². The molecule has 62 valence electrons. The maximum absolute atomic E-state index is 3.08. The fourth-order valence-corrected chi connectivity index (χ4v) is 0.710. The first-order valence-corrected chi connectivity index (χ1v) is 4.02. The van der Waals surface area contributed by atoms with Crippen molar-refractivity contribution in [2.45, 2.75) is 20.3 Å². The molecule has 0 spiro atoms. The van der Waals surface area contributed by atoms with Gasteiger partial charge in [-0.15, -0.1) is 0 Å². The predicted molar refractivity (Wildman–Crippen MR) is 51.4 cm³/mol. The van der Waals surface area contributed by atoms with Crippen LogP contribution in [0.3, 0.4) is 0 Å². The van der Waals surface area contributed by atoms with Crippen LogP contribution >= 0.6 is 0 Å². The van der Waals surface area contributed by atoms with E-state index in [1.165, 1.54) is 0 Å². The Morgan fingerprint density at radius 2 is 2.18 bits per heavy atom. The second-order valence-electron chi connectivity index (χ2n) is 2.21. The average molecular weight is 151 g/mol. The van der Waals surface area contributed by atoms with Crippen LogP contribution in [-0.2, 0) is 0 Å². The molecule has 0 saturated carbocycles. The van der Waals surface area contributed by atoms with Crippen LogP contribution in [0.4, 0.5) is 0 Å². The van der Waals surface area contributed by atoms with Gasteiger partial charge in [-0.1, -0.05) is 25.2 Å². The van der Waals surface area contributed by atoms with Crippen molar-refractivity contribution in [3.8, 4) is 0 Å². The standard InChI is InChI=1S/C10H17N/c1-4-6-7-9-10(11-3)8-5-2/h5-9,11H,4H2,1-3H3/b7-6-,8-5-,10-9+. The van der Waals surface area contributed by atoms with E-state index in [9.17, 15) is 0 Å². The van der Waals surface area contributed by atoms with E-state index in [0.29, 0.717) is 0 Å². The zero-order chi connectivity index (χ0) is 8.53. The van der Waals surface area contributed by atoms with E-state index in [0.717, 1.165) is 12.1 Å². The van der Waals surface area contributed by atoms with Gasteiger partial charge in [0.05, 0.1) is 0 Å². The van der Waals surface area contributed by atoms with Crippen molar-refractivity contribution < 1.29 is 0 Å². The highest BCUT2D eigenvalue weighted by Crippen LogP contribution is 1.92. The zero-order valence-electron chi connectivity index (χ0n) is 7.59. The summed E-state index contributed by atoms with van der Waals surface area (Å²) in [5.41, 5.74) is 1.14. The predicted octanol–water partition coefficient (Wildman–Crippen LogP) is 2.63. The Labute approximate surface area is 69.5 Å². The fraction of sp³-hybridized carbons (Fsp3) is 0.400. The maximum Gasteiger partial charge on any atom is 0.0334 e. The fourth-order valence-electron chi connectivity index (χ4n) is 0.710. The summed E-state index contributed by atoms with van der Waals surface area (Å²) in [5.74, 6) is 0. The van der Waals surface area contributed by atoms with E-state index in [4.69, 9.17) is 0 Å². The highest BCUT2D eigenvalue weighted by Gasteiger charge is 1.79. The number of rotatable bonds is 4. The lowest BCUT2D eigenvalue weighted by Crippen LogP contribution is -2.01. The van der Waals surface area contributed by atoms with E-state index in [1.54, 1.807) is 0 Å². The number of hydrogen-bond donors (Lipinski definition) is 1. The van der Waals surface area contributed by atoms with Gasteiger partial charge >= 0.3 is 0 Å². The first-order chi connectivity index (χ1) is 5.35. The Kier molecular flexibility index (Phi) is 6.50. The van der Waals surface area contributed by atoms with Crippen LogP contribution in [0.15, 0.2) is 36.1 Å². The average Bonchev–Trinajstić information content (AvgIpc) is 2.03. The third-order valence-corrected chi connectivity index (χ3v) is 1.28. The van der Waals surface area contributed by atoms with Gasteiger partial charge in [-0.2, -0.15) is 0 Å². The summed E-state index contributed by atoms with van der Waals surface area (Å²) in [4.78, 5) is 0. The minimum Gasteiger partial charge on any atom is -0.388 e. The minimum atomic E-state index is 1.09. The molecule has 0 radical (unpaired) electrons. The summed E-state index contributed by atoms with van der Waals surface area (Å²) in [5, 5.41) is 3.08. The third-order valence-electron chi connectivity index (χ3n) is 1.28. The summed E-state index contributed by atoms with van der Waals surface area (Å²) in [6.45, 7) is 4.13. The topological polar surface area (TPSA) is 12.0 Å². The van der Waals surface area contributed by atoms with Gasteiger partial charge in [-0.05, 0) is 25.5 Å². The smallest absolute Gasteiger partial charge is 0.0334 e. The van der Waals surface area contributed by atoms with Gasteiger partial charge in [-0.3, -0.25) is 0 Å². The SMILES string of the molecule is C\C=C/C(=C\C=C/CC)NC. The molecule has 0 unspecified atom stereocenters. The van der Waals surface area contributed by atoms with Crippen LogP contribution in [-0.4, -0.2) is 7.05 Å². The second-order valence-corrected chi connectivity index (χ2v) is 2.21. The molecule has 1 heteroatoms. The molecule has 0 aliphatic rings. The van der Waals surface area contributed by atoms with E-state index in [1.807, 2.05) is 26.1 Å². The summed E-state index contributed by atoms with van der Waals surface area (Å²) >= 11 is 0. The number of nitrogens with one attached hydrogen (secondary N) is 1. The molecule has 11 heavy (non-hydrogen) atoms. The maximum atomic E-state index is 3.08. The number of likely N-dealkylation sites (N-methyl/N-ethyl adjacent to an activating group) is 1. The van der Waals surface area contributed by atoms with Crippen LogP contribution in [0.2, 0.25) is 0 Å². The largest absolute Gasteiger partial charge is 0.388 e. The quantitative estimate of drug-likeness (QED) is 0.609. The summed E-state index contributed by atoms with van der Waals surface area (Å²) < 4.78 is 0. The molecule has 1 N–H and O–H groups in total. The molecule has 0 fully saturated rings. The van der Waals surface area contributed by atoms with Gasteiger partial charge in [0, 0.05) is 12.7 Å². The third kappa shape index (κ3) is 5.46. The molecule has 0 aliphatic carbocycles. The second kappa shape index (κ2) is 7.13. The zero-order valence-corrected chi connectivity index (χ0v) is 7.59. The van der Waals surface area contributed by atoms with E-state index in [2.05, 4.69) is 30.5 Å². The summed E-state index contributed by atoms with van der Waals surface area (Å²) in [6.07, 6.45) is 11.4. The monoisotopic (exact) mass is 151 g/mol. The molecule has 1 nitrogen and oxygen atoms in total. The number of hydrogen-bond acceptors (Lipinski definition) is 1. The van der Waals surface area contributed by atoms with Crippen molar-refractivity contribution in [1.29, 1.82) is 0 Å². The lowest BCUT2D eigenvalue weighted by molar-refractivity contribution is 1.03. The van der Waals surface area contributed by atoms with Crippen LogP contribution in [0.5, 0.6) is 0 Å². The molecule has 0 atom stereocenters. The van der Waals surface area contributed by atoms with E-state index >= 15 is 0 Å². The van der Waals surface area contributed by atoms with Crippen LogP contribution in [0.25, 0.3) is 0 Å². The van der Waals surface area contributed by atoms with Crippen molar-refractivity contribution in [3.05, 3.63) is 36.1 Å². The van der Waals surface area contributed by atoms with Crippen molar-refractivity contribution in [1.82, 2.24) is 5.32 Å². The lowest BCUT2D eigenvalue weighted by Gasteiger charge is -1.96. The Bertz CT molecular complexity index is 164. The van der Waals surface area contributed by atoms with Gasteiger partial charge in [-0.25, -0.2) is 0 Å². The van der Waals surface area contributed by atoms with Crippen molar-refractivity contribution in [2.24, 2.45) is 0 Å². The molecule has 0 aromatic heterocycles. The van der Waals surface area contributed by atoms with Crippen LogP contribution in [0.1, 0.15) is 20.3 Å². The molecule has 0 aromatic carbocycles. The van der Waals surface area contributed by atoms with Crippen molar-refractivity contribution in [2.75, 3.05) is 7.05 Å². The highest BCUT2D eigenvalue weighted by atomic mass is 14.8. The Morgan fingerprint density at radius 3 is 2.64 bits per heavy atom. The normalized spacial score (nSPS) is 13.2. The molecule has 0 aromatic rings. The van der Waals surface area contributed by atoms with Crippen molar-refractivity contribution in [3.63, 3.8) is 0 Å². The molecule has 0 aliphatic heterocycles. The van der Waals surface area contributed by atoms with Crippen LogP contribution in [0, 0.1) is 0 Å². The Balaban J connectivity index is 4.00. The minimum absolute atomic E-state index is 1.09. The lowest BCUT2D eigenvalue weighted by atomic mass is 10.3. The molecule has 0 rings (SSSR count). The highest BCUT2D eigenvalue weighted by molar-refractivity contribution is 5.21. The van der Waals surface area contributed by atoms with Gasteiger partial charge in [0.25, 0.3) is 0 Å². The summed E-state index contributed by atoms with van der Waals surface area (Å²) in [7, 11) is 1.92. The van der Waals surface area contributed by atoms with Crippen LogP contribution < -0.4 is 5.32 Å². The molecular weight excluding hydrogens is 134 g/mol.